The molecule has 0 aliphatic heterocycles. The van der Waals surface area contributed by atoms with Crippen molar-refractivity contribution in [3.05, 3.63) is 234 Å². The van der Waals surface area contributed by atoms with Gasteiger partial charge in [0, 0.05) is 49.7 Å². The average molecular weight is 782 g/mol. The predicted octanol–water partition coefficient (Wildman–Crippen LogP) is 16.6. The Morgan fingerprint density at radius 3 is 1.31 bits per heavy atom. The molecule has 11 aromatic rings. The normalized spacial score (nSPS) is 12.1. The summed E-state index contributed by atoms with van der Waals surface area (Å²) in [5.41, 5.74) is 13.5. The summed E-state index contributed by atoms with van der Waals surface area (Å²) < 4.78 is 12.6. The number of para-hydroxylation sites is 4. The minimum atomic E-state index is 0.904. The van der Waals surface area contributed by atoms with E-state index in [4.69, 9.17) is 8.83 Å². The number of fused-ring (bicyclic) bond motifs is 7. The van der Waals surface area contributed by atoms with Gasteiger partial charge in [0.2, 0.25) is 0 Å². The zero-order valence-corrected chi connectivity index (χ0v) is 33.3. The summed E-state index contributed by atoms with van der Waals surface area (Å²) >= 11 is 0. The second-order valence-corrected chi connectivity index (χ2v) is 15.4. The Hall–Kier alpha value is -8.14. The van der Waals surface area contributed by atoms with E-state index in [-0.39, 0.29) is 0 Å². The predicted molar refractivity (Wildman–Crippen MR) is 259 cm³/mol. The molecule has 0 aliphatic carbocycles. The van der Waals surface area contributed by atoms with E-state index in [2.05, 4.69) is 211 Å². The van der Waals surface area contributed by atoms with E-state index >= 15 is 0 Å². The summed E-state index contributed by atoms with van der Waals surface area (Å²) in [5, 5.41) is 6.90. The molecule has 9 aromatic carbocycles. The quantitative estimate of drug-likeness (QED) is 0.137. The molecule has 0 amide bonds. The van der Waals surface area contributed by atoms with Crippen molar-refractivity contribution in [1.29, 1.82) is 0 Å². The standard InChI is InChI=1S/C58H39NO2/c1-2-10-40(11-3-1)20-21-43-24-31-47-39-50(37-32-46(47)38-43)59(48-33-25-41(26-34-48)22-29-44-12-8-16-53-51-14-4-6-18-55(51)60-57(44)53)49-35-27-42(28-36-49)23-30-45-13-9-17-54-52-15-5-7-19-56(52)61-58(45)54/h1-39H/b21-20+,29-22+,30-23+. The lowest BCUT2D eigenvalue weighted by atomic mass is 10.0. The van der Waals surface area contributed by atoms with Crippen LogP contribution in [-0.4, -0.2) is 0 Å². The smallest absolute Gasteiger partial charge is 0.142 e. The summed E-state index contributed by atoms with van der Waals surface area (Å²) in [6.45, 7) is 0. The van der Waals surface area contributed by atoms with Gasteiger partial charge in [-0.3, -0.25) is 0 Å². The molecule has 0 saturated carbocycles. The molecule has 0 atom stereocenters. The van der Waals surface area contributed by atoms with Gasteiger partial charge >= 0.3 is 0 Å². The van der Waals surface area contributed by atoms with Crippen LogP contribution in [0, 0.1) is 0 Å². The van der Waals surface area contributed by atoms with Gasteiger partial charge in [-0.05, 0) is 87.6 Å². The fourth-order valence-corrected chi connectivity index (χ4v) is 8.34. The highest BCUT2D eigenvalue weighted by Gasteiger charge is 2.15. The van der Waals surface area contributed by atoms with Gasteiger partial charge in [-0.25, -0.2) is 0 Å². The molecule has 2 aromatic heterocycles. The zero-order chi connectivity index (χ0) is 40.5. The zero-order valence-electron chi connectivity index (χ0n) is 33.3. The van der Waals surface area contributed by atoms with Crippen LogP contribution in [-0.2, 0) is 0 Å². The van der Waals surface area contributed by atoms with Crippen LogP contribution >= 0.6 is 0 Å². The van der Waals surface area contributed by atoms with Gasteiger partial charge in [0.15, 0.2) is 0 Å². The fourth-order valence-electron chi connectivity index (χ4n) is 8.34. The van der Waals surface area contributed by atoms with Crippen LogP contribution in [0.3, 0.4) is 0 Å². The lowest BCUT2D eigenvalue weighted by Gasteiger charge is -2.26. The molecule has 0 spiro atoms. The third-order valence-electron chi connectivity index (χ3n) is 11.5. The second-order valence-electron chi connectivity index (χ2n) is 15.4. The Morgan fingerprint density at radius 1 is 0.295 bits per heavy atom. The van der Waals surface area contributed by atoms with Gasteiger partial charge in [0.25, 0.3) is 0 Å². The van der Waals surface area contributed by atoms with Crippen LogP contribution in [0.2, 0.25) is 0 Å². The van der Waals surface area contributed by atoms with E-state index < -0.39 is 0 Å². The Morgan fingerprint density at radius 2 is 0.721 bits per heavy atom. The van der Waals surface area contributed by atoms with Crippen molar-refractivity contribution in [1.82, 2.24) is 0 Å². The SMILES string of the molecule is C(=C\c1ccc2cc(N(c3ccc(/C=C/c4cccc5c4oc4ccccc45)cc3)c3ccc(/C=C/c4cccc5c4oc4ccccc45)cc3)ccc2c1)/c1ccccc1. The first kappa shape index (κ1) is 36.0. The topological polar surface area (TPSA) is 29.5 Å². The summed E-state index contributed by atoms with van der Waals surface area (Å²) in [6, 6.07) is 70.4. The first-order valence-electron chi connectivity index (χ1n) is 20.6. The van der Waals surface area contributed by atoms with Crippen LogP contribution in [0.25, 0.3) is 91.1 Å². The highest BCUT2D eigenvalue weighted by atomic mass is 16.3. The van der Waals surface area contributed by atoms with E-state index in [0.29, 0.717) is 0 Å². The molecule has 3 heteroatoms. The Labute approximate surface area is 354 Å². The maximum atomic E-state index is 6.29. The molecule has 0 aliphatic rings. The summed E-state index contributed by atoms with van der Waals surface area (Å²) in [7, 11) is 0. The Kier molecular flexibility index (Phi) is 9.18. The van der Waals surface area contributed by atoms with Crippen LogP contribution in [0.1, 0.15) is 33.4 Å². The van der Waals surface area contributed by atoms with E-state index in [9.17, 15) is 0 Å². The number of anilines is 3. The van der Waals surface area contributed by atoms with Crippen molar-refractivity contribution in [3.63, 3.8) is 0 Å². The Balaban J connectivity index is 0.918. The number of hydrogen-bond donors (Lipinski definition) is 0. The van der Waals surface area contributed by atoms with Gasteiger partial charge in [0.1, 0.15) is 22.3 Å². The number of furan rings is 2. The summed E-state index contributed by atoms with van der Waals surface area (Å²) in [6.07, 6.45) is 12.9. The summed E-state index contributed by atoms with van der Waals surface area (Å²) in [4.78, 5) is 2.33. The number of rotatable bonds is 9. The van der Waals surface area contributed by atoms with E-state index in [0.717, 1.165) is 83.2 Å². The average Bonchev–Trinajstić information content (AvgIpc) is 3.90. The second kappa shape index (κ2) is 15.6. The first-order chi connectivity index (χ1) is 30.2. The van der Waals surface area contributed by atoms with Crippen molar-refractivity contribution >= 4 is 108 Å². The van der Waals surface area contributed by atoms with Crippen molar-refractivity contribution < 1.29 is 8.83 Å². The van der Waals surface area contributed by atoms with Crippen molar-refractivity contribution in [2.24, 2.45) is 0 Å². The maximum Gasteiger partial charge on any atom is 0.142 e. The molecule has 0 radical (unpaired) electrons. The minimum Gasteiger partial charge on any atom is -0.455 e. The minimum absolute atomic E-state index is 0.904. The van der Waals surface area contributed by atoms with Gasteiger partial charge < -0.3 is 13.7 Å². The lowest BCUT2D eigenvalue weighted by molar-refractivity contribution is 0.667. The molecule has 2 heterocycles. The molecule has 0 N–H and O–H groups in total. The van der Waals surface area contributed by atoms with E-state index in [1.807, 2.05) is 30.3 Å². The van der Waals surface area contributed by atoms with Crippen molar-refractivity contribution in [2.75, 3.05) is 4.90 Å². The molecule has 288 valence electrons. The highest BCUT2D eigenvalue weighted by Crippen LogP contribution is 2.38. The first-order valence-corrected chi connectivity index (χ1v) is 20.6. The third kappa shape index (κ3) is 7.09. The van der Waals surface area contributed by atoms with Crippen LogP contribution < -0.4 is 4.90 Å². The van der Waals surface area contributed by atoms with Crippen LogP contribution in [0.4, 0.5) is 17.1 Å². The molecular formula is C58H39NO2. The Bertz CT molecular complexity index is 3290. The van der Waals surface area contributed by atoms with E-state index in [1.54, 1.807) is 0 Å². The molecule has 0 saturated heterocycles. The molecule has 11 rings (SSSR count). The molecular weight excluding hydrogens is 743 g/mol. The molecule has 0 bridgehead atoms. The molecule has 61 heavy (non-hydrogen) atoms. The number of benzene rings is 9. The lowest BCUT2D eigenvalue weighted by Crippen LogP contribution is -2.09. The van der Waals surface area contributed by atoms with E-state index in [1.165, 1.54) is 21.9 Å². The van der Waals surface area contributed by atoms with Gasteiger partial charge in [0.05, 0.1) is 0 Å². The third-order valence-corrected chi connectivity index (χ3v) is 11.5. The molecule has 0 unspecified atom stereocenters. The van der Waals surface area contributed by atoms with Crippen molar-refractivity contribution in [3.8, 4) is 0 Å². The number of nitrogens with zero attached hydrogens (tertiary/aromatic N) is 1. The number of hydrogen-bond acceptors (Lipinski definition) is 3. The molecule has 0 fully saturated rings. The van der Waals surface area contributed by atoms with Gasteiger partial charge in [-0.2, -0.15) is 0 Å². The van der Waals surface area contributed by atoms with Crippen LogP contribution in [0.5, 0.6) is 0 Å². The highest BCUT2D eigenvalue weighted by molar-refractivity contribution is 6.08. The van der Waals surface area contributed by atoms with Gasteiger partial charge in [-0.1, -0.05) is 182 Å². The largest absolute Gasteiger partial charge is 0.455 e. The monoisotopic (exact) mass is 781 g/mol. The summed E-state index contributed by atoms with van der Waals surface area (Å²) in [5.74, 6) is 0. The fraction of sp³-hybridized carbons (Fsp3) is 0. The molecule has 3 nitrogen and oxygen atoms in total. The van der Waals surface area contributed by atoms with Crippen molar-refractivity contribution in [2.45, 2.75) is 0 Å². The van der Waals surface area contributed by atoms with Crippen LogP contribution in [0.15, 0.2) is 209 Å². The maximum absolute atomic E-state index is 6.29. The van der Waals surface area contributed by atoms with Gasteiger partial charge in [-0.15, -0.1) is 0 Å².